The van der Waals surface area contributed by atoms with E-state index in [1.165, 1.54) is 23.9 Å². The summed E-state index contributed by atoms with van der Waals surface area (Å²) in [5.41, 5.74) is 3.41. The fourth-order valence-corrected chi connectivity index (χ4v) is 6.76. The number of ether oxygens (including phenoxy) is 1. The number of carbonyl (C=O) groups is 1. The number of halogens is 3. The number of aryl methyl sites for hydroxylation is 1. The number of benzene rings is 3. The number of aliphatic carboxylic acids is 1. The van der Waals surface area contributed by atoms with Gasteiger partial charge in [0.15, 0.2) is 10.9 Å². The number of thioether (sulfide) groups is 1. The normalized spacial score (nSPS) is 13.5. The van der Waals surface area contributed by atoms with Crippen LogP contribution in [0.5, 0.6) is 5.75 Å². The largest absolute Gasteiger partial charge is 0.482 e. The molecule has 0 saturated heterocycles. The Morgan fingerprint density at radius 1 is 1.03 bits per heavy atom. The number of hydrogen-bond acceptors (Lipinski definition) is 5. The van der Waals surface area contributed by atoms with Gasteiger partial charge in [0.25, 0.3) is 0 Å². The molecule has 1 aromatic heterocycles. The first-order chi connectivity index (χ1) is 17.3. The Bertz CT molecular complexity index is 1400. The zero-order chi connectivity index (χ0) is 25.3. The topological polar surface area (TPSA) is 59.4 Å². The van der Waals surface area contributed by atoms with Gasteiger partial charge in [0.05, 0.1) is 16.5 Å². The molecule has 184 valence electrons. The van der Waals surface area contributed by atoms with Crippen LogP contribution in [0.25, 0.3) is 11.3 Å². The van der Waals surface area contributed by atoms with E-state index in [2.05, 4.69) is 0 Å². The van der Waals surface area contributed by atoms with Crippen LogP contribution in [-0.2, 0) is 23.8 Å². The van der Waals surface area contributed by atoms with Gasteiger partial charge in [-0.25, -0.2) is 9.78 Å². The van der Waals surface area contributed by atoms with Crippen molar-refractivity contribution < 1.29 is 27.8 Å². The minimum absolute atomic E-state index is 0.370. The second-order valence-corrected chi connectivity index (χ2v) is 10.7. The van der Waals surface area contributed by atoms with Crippen LogP contribution in [0, 0.1) is 0 Å². The molecule has 0 amide bonds. The van der Waals surface area contributed by atoms with Crippen molar-refractivity contribution in [3.8, 4) is 17.0 Å². The molecule has 4 aromatic rings. The third kappa shape index (κ3) is 5.12. The van der Waals surface area contributed by atoms with E-state index in [-0.39, 0.29) is 5.25 Å². The zero-order valence-electron chi connectivity index (χ0n) is 18.8. The Morgan fingerprint density at radius 3 is 2.53 bits per heavy atom. The molecule has 36 heavy (non-hydrogen) atoms. The summed E-state index contributed by atoms with van der Waals surface area (Å²) in [5.74, 6) is -0.508. The third-order valence-corrected chi connectivity index (χ3v) is 8.38. The second-order valence-electron chi connectivity index (χ2n) is 8.25. The summed E-state index contributed by atoms with van der Waals surface area (Å²) >= 11 is 2.98. The van der Waals surface area contributed by atoms with Gasteiger partial charge in [0.1, 0.15) is 5.75 Å². The smallest absolute Gasteiger partial charge is 0.416 e. The number of carboxylic acid groups (broad SMARTS) is 1. The first-order valence-corrected chi connectivity index (χ1v) is 12.8. The number of fused-ring (bicyclic) bond motifs is 3. The van der Waals surface area contributed by atoms with Gasteiger partial charge < -0.3 is 9.84 Å². The van der Waals surface area contributed by atoms with Crippen LogP contribution >= 0.6 is 23.1 Å². The molecule has 4 nitrogen and oxygen atoms in total. The first-order valence-electron chi connectivity index (χ1n) is 11.1. The van der Waals surface area contributed by atoms with Crippen LogP contribution in [0.4, 0.5) is 13.2 Å². The second kappa shape index (κ2) is 9.99. The summed E-state index contributed by atoms with van der Waals surface area (Å²) < 4.78 is 46.5. The molecule has 1 atom stereocenters. The highest BCUT2D eigenvalue weighted by Gasteiger charge is 2.32. The molecule has 1 N–H and O–H groups in total. The van der Waals surface area contributed by atoms with E-state index in [4.69, 9.17) is 14.8 Å². The van der Waals surface area contributed by atoms with Gasteiger partial charge >= 0.3 is 12.1 Å². The quantitative estimate of drug-likeness (QED) is 0.256. The van der Waals surface area contributed by atoms with Gasteiger partial charge in [-0.1, -0.05) is 72.4 Å². The Kier molecular flexibility index (Phi) is 6.77. The van der Waals surface area contributed by atoms with E-state index in [0.717, 1.165) is 44.1 Å². The highest BCUT2D eigenvalue weighted by molar-refractivity contribution is 8.01. The highest BCUT2D eigenvalue weighted by Crippen LogP contribution is 2.47. The first kappa shape index (κ1) is 24.4. The van der Waals surface area contributed by atoms with Crippen molar-refractivity contribution >= 4 is 29.1 Å². The van der Waals surface area contributed by atoms with Crippen molar-refractivity contribution in [2.75, 3.05) is 6.61 Å². The number of hydrogen-bond donors (Lipinski definition) is 1. The zero-order valence-corrected chi connectivity index (χ0v) is 20.4. The Morgan fingerprint density at radius 2 is 1.78 bits per heavy atom. The molecule has 0 spiro atoms. The molecule has 0 radical (unpaired) electrons. The van der Waals surface area contributed by atoms with Crippen molar-refractivity contribution in [1.29, 1.82) is 0 Å². The Labute approximate surface area is 213 Å². The lowest BCUT2D eigenvalue weighted by Crippen LogP contribution is -2.12. The summed E-state index contributed by atoms with van der Waals surface area (Å²) in [4.78, 5) is 16.9. The van der Waals surface area contributed by atoms with Gasteiger partial charge in [-0.2, -0.15) is 13.2 Å². The number of carboxylic acids is 1. The molecular formula is C27H20F3NO3S2. The van der Waals surface area contributed by atoms with E-state index < -0.39 is 24.3 Å². The molecule has 9 heteroatoms. The van der Waals surface area contributed by atoms with Crippen molar-refractivity contribution in [1.82, 2.24) is 4.98 Å². The van der Waals surface area contributed by atoms with Crippen LogP contribution in [0.15, 0.2) is 77.1 Å². The van der Waals surface area contributed by atoms with Crippen LogP contribution in [0.3, 0.4) is 0 Å². The van der Waals surface area contributed by atoms with E-state index in [0.29, 0.717) is 17.7 Å². The van der Waals surface area contributed by atoms with Crippen LogP contribution in [0.1, 0.15) is 32.4 Å². The molecule has 1 aliphatic carbocycles. The van der Waals surface area contributed by atoms with E-state index >= 15 is 0 Å². The third-order valence-electron chi connectivity index (χ3n) is 5.86. The maximum Gasteiger partial charge on any atom is 0.416 e. The Hall–Kier alpha value is -3.30. The lowest BCUT2D eigenvalue weighted by molar-refractivity contribution is -0.139. The molecule has 0 saturated carbocycles. The molecule has 5 rings (SSSR count). The number of aromatic nitrogens is 1. The summed E-state index contributed by atoms with van der Waals surface area (Å²) in [6.07, 6.45) is -3.00. The summed E-state index contributed by atoms with van der Waals surface area (Å²) in [7, 11) is 0. The van der Waals surface area contributed by atoms with Gasteiger partial charge in [0, 0.05) is 16.0 Å². The van der Waals surface area contributed by atoms with E-state index in [1.807, 2.05) is 42.5 Å². The average molecular weight is 528 g/mol. The van der Waals surface area contributed by atoms with Gasteiger partial charge in [-0.3, -0.25) is 0 Å². The molecule has 1 unspecified atom stereocenters. The lowest BCUT2D eigenvalue weighted by Gasteiger charge is -2.18. The van der Waals surface area contributed by atoms with Crippen LogP contribution in [-0.4, -0.2) is 22.7 Å². The molecule has 0 fully saturated rings. The molecule has 1 aliphatic rings. The van der Waals surface area contributed by atoms with Crippen LogP contribution < -0.4 is 4.74 Å². The molecule has 1 heterocycles. The standard InChI is InChI=1S/C27H20F3NO3S2/c28-27(29,30)18-9-4-8-17(14-18)25(16-6-2-1-3-7-16)36-26-31-24-20-10-5-11-21(34-15-23(32)33)19(20)12-13-22(24)35-26/h1-11,14,25H,12-13,15H2,(H,32,33). The van der Waals surface area contributed by atoms with Gasteiger partial charge in [-0.15, -0.1) is 11.3 Å². The summed E-state index contributed by atoms with van der Waals surface area (Å²) in [5, 5.41) is 8.60. The molecular weight excluding hydrogens is 507 g/mol. The SMILES string of the molecule is O=C(O)COc1cccc2c1CCc1sc(SC(c3ccccc3)c3cccc(C(F)(F)F)c3)nc1-2. The fourth-order valence-electron chi connectivity index (χ4n) is 4.25. The minimum atomic E-state index is -4.42. The summed E-state index contributed by atoms with van der Waals surface area (Å²) in [6, 6.07) is 20.4. The average Bonchev–Trinajstić information content (AvgIpc) is 3.29. The van der Waals surface area contributed by atoms with Crippen molar-refractivity contribution in [2.45, 2.75) is 28.6 Å². The van der Waals surface area contributed by atoms with Crippen molar-refractivity contribution in [3.63, 3.8) is 0 Å². The molecule has 0 bridgehead atoms. The number of nitrogens with zero attached hydrogens (tertiary/aromatic N) is 1. The van der Waals surface area contributed by atoms with Crippen molar-refractivity contribution in [3.05, 3.63) is 99.9 Å². The molecule has 0 aliphatic heterocycles. The molecule has 3 aromatic carbocycles. The predicted octanol–water partition coefficient (Wildman–Crippen LogP) is 7.27. The predicted molar refractivity (Wildman–Crippen MR) is 134 cm³/mol. The van der Waals surface area contributed by atoms with E-state index in [1.54, 1.807) is 23.5 Å². The van der Waals surface area contributed by atoms with Crippen molar-refractivity contribution in [2.24, 2.45) is 0 Å². The number of rotatable bonds is 7. The number of thiazole rings is 1. The van der Waals surface area contributed by atoms with E-state index in [9.17, 15) is 18.0 Å². The summed E-state index contributed by atoms with van der Waals surface area (Å²) in [6.45, 7) is -0.419. The van der Waals surface area contributed by atoms with Gasteiger partial charge in [-0.05, 0) is 36.1 Å². The highest BCUT2D eigenvalue weighted by atomic mass is 32.2. The minimum Gasteiger partial charge on any atom is -0.482 e. The Balaban J connectivity index is 1.50. The maximum absolute atomic E-state index is 13.4. The lowest BCUT2D eigenvalue weighted by atomic mass is 9.93. The fraction of sp³-hybridized carbons (Fsp3) is 0.185. The maximum atomic E-state index is 13.4. The van der Waals surface area contributed by atoms with Crippen LogP contribution in [0.2, 0.25) is 0 Å². The number of alkyl halides is 3. The monoisotopic (exact) mass is 527 g/mol. The van der Waals surface area contributed by atoms with Gasteiger partial charge in [0.2, 0.25) is 0 Å².